The van der Waals surface area contributed by atoms with Crippen molar-refractivity contribution in [1.29, 1.82) is 0 Å². The first-order valence-corrected chi connectivity index (χ1v) is 29.3. The molecule has 12 aromatic heterocycles. The van der Waals surface area contributed by atoms with Crippen LogP contribution in [0.3, 0.4) is 0 Å². The van der Waals surface area contributed by atoms with Gasteiger partial charge in [-0.15, -0.1) is 16.4 Å². The Balaban J connectivity index is 0.000000130. The van der Waals surface area contributed by atoms with E-state index in [0.717, 1.165) is 55.0 Å². The van der Waals surface area contributed by atoms with Gasteiger partial charge in [-0.3, -0.25) is 20.1 Å². The fraction of sp³-hybridized carbons (Fsp3) is 0.0143. The van der Waals surface area contributed by atoms with Crippen molar-refractivity contribution in [2.75, 3.05) is 6.54 Å². The van der Waals surface area contributed by atoms with Crippen molar-refractivity contribution >= 4 is 93.5 Å². The average Bonchev–Trinajstić information content (AvgIpc) is 4.61. The van der Waals surface area contributed by atoms with Gasteiger partial charge in [0.05, 0.1) is 48.1 Å². The molecule has 18 aromatic rings. The first kappa shape index (κ1) is 65.0. The van der Waals surface area contributed by atoms with E-state index < -0.39 is 0 Å². The maximum absolute atomic E-state index is 5.12. The molecule has 0 spiro atoms. The largest absolute Gasteiger partial charge is 0.464 e. The molecule has 454 valence electrons. The Morgan fingerprint density at radius 3 is 1.57 bits per heavy atom. The molecule has 92 heavy (non-hydrogen) atoms. The second-order valence-corrected chi connectivity index (χ2v) is 19.0. The number of benzene rings is 6. The van der Waals surface area contributed by atoms with E-state index in [1.807, 2.05) is 182 Å². The number of rotatable bonds is 0. The van der Waals surface area contributed by atoms with Gasteiger partial charge in [0.2, 0.25) is 0 Å². The van der Waals surface area contributed by atoms with Crippen LogP contribution in [0.4, 0.5) is 0 Å². The lowest BCUT2D eigenvalue weighted by molar-refractivity contribution is 0.616. The van der Waals surface area contributed by atoms with Gasteiger partial charge in [0.25, 0.3) is 0 Å². The molecule has 0 fully saturated rings. The Hall–Kier alpha value is -13.0. The number of furan rings is 1. The molecule has 0 bridgehead atoms. The highest BCUT2D eigenvalue weighted by molar-refractivity contribution is 7.17. The summed E-state index contributed by atoms with van der Waals surface area (Å²) in [5.41, 5.74) is 8.16. The predicted octanol–water partition coefficient (Wildman–Crippen LogP) is 16.1. The molecule has 6 aromatic carbocycles. The van der Waals surface area contributed by atoms with Crippen LogP contribution in [0.1, 0.15) is 0 Å². The number of thiophene rings is 1. The van der Waals surface area contributed by atoms with Crippen LogP contribution in [0.2, 0.25) is 0 Å². The van der Waals surface area contributed by atoms with E-state index in [1.165, 1.54) is 27.3 Å². The van der Waals surface area contributed by atoms with Gasteiger partial charge < -0.3 is 19.4 Å². The number of hydrogen-bond donors (Lipinski definition) is 5. The standard InChI is InChI=1S/C8H7N.C8H6O.C8H6S.3C7H6N2.C6H5N3.C5H5N.3C4H4N2.C2H3N3/c3*1-2-4-8-7(3-1)5-6-9-8;1-2-6-3-5-9-7(6)8-4-1;1-2-4-7-6(3-1)8-5-9-7;1-2-4-7-6(3-1)5-8-9-7;1-2-4-6-5(3-1)7-9-8-6;1-2-4-6-5-3-1;1-2-6-4-3-5-1;1-2-5-4-6-3-1;1-2-4-6-5-3-1;1-2-4-5-3-1/h1-6,9H;2*1-6H;3*1-5H,(H,8,9);1-4H,(H,7,8,9);1-5H;3*1-4H;1H,2H2. The normalized spacial score (nSPS) is 10.0. The van der Waals surface area contributed by atoms with Gasteiger partial charge in [-0.05, 0) is 137 Å². The smallest absolute Gasteiger partial charge is 0.137 e. The van der Waals surface area contributed by atoms with Crippen molar-refractivity contribution in [2.24, 2.45) is 15.4 Å². The van der Waals surface area contributed by atoms with E-state index in [4.69, 9.17) is 4.42 Å². The molecule has 0 saturated carbocycles. The monoisotopic (exact) mass is 1230 g/mol. The van der Waals surface area contributed by atoms with Gasteiger partial charge in [-0.25, -0.2) is 19.9 Å². The SMILES string of the molecule is C1=NN=NC1.c1ccc2[nH]ccc2c1.c1ccc2[nH]cnc2c1.c1ccc2[nH]ncc2c1.c1ccc2n[nH]nc2c1.c1ccc2occc2c1.c1ccc2sccc2c1.c1ccncc1.c1ccnnc1.c1cnc2[nH]ccc2c1.c1cnccn1.c1cncnc1. The number of hydrogen-bond acceptors (Lipinski definition) is 17. The third kappa shape index (κ3) is 24.4. The Labute approximate surface area is 532 Å². The van der Waals surface area contributed by atoms with Crippen molar-refractivity contribution in [3.8, 4) is 0 Å². The van der Waals surface area contributed by atoms with Crippen molar-refractivity contribution in [3.05, 3.63) is 329 Å². The quantitative estimate of drug-likeness (QED) is 0.0945. The summed E-state index contributed by atoms with van der Waals surface area (Å²) in [6.45, 7) is 0.667. The Morgan fingerprint density at radius 2 is 1.00 bits per heavy atom. The van der Waals surface area contributed by atoms with Gasteiger partial charge in [0, 0.05) is 107 Å². The minimum absolute atomic E-state index is 0.667. The molecule has 22 heteroatoms. The lowest BCUT2D eigenvalue weighted by Gasteiger charge is -1.83. The van der Waals surface area contributed by atoms with Crippen LogP contribution in [-0.4, -0.2) is 98.4 Å². The summed E-state index contributed by atoms with van der Waals surface area (Å²) >= 11 is 1.79. The van der Waals surface area contributed by atoms with Crippen LogP contribution in [0.15, 0.2) is 349 Å². The Kier molecular flexibility index (Phi) is 28.6. The number of para-hydroxylation sites is 7. The Morgan fingerprint density at radius 1 is 0.402 bits per heavy atom. The molecule has 1 aliphatic heterocycles. The van der Waals surface area contributed by atoms with Crippen LogP contribution >= 0.6 is 11.3 Å². The number of fused-ring (bicyclic) bond motifs is 7. The van der Waals surface area contributed by atoms with Crippen molar-refractivity contribution in [2.45, 2.75) is 0 Å². The summed E-state index contributed by atoms with van der Waals surface area (Å²) in [5.74, 6) is 0. The van der Waals surface area contributed by atoms with Crippen LogP contribution in [0.25, 0.3) is 76.0 Å². The number of aromatic nitrogens is 17. The molecule has 0 aliphatic carbocycles. The van der Waals surface area contributed by atoms with E-state index in [0.29, 0.717) is 6.54 Å². The van der Waals surface area contributed by atoms with Crippen molar-refractivity contribution in [3.63, 3.8) is 0 Å². The molecule has 5 N–H and O–H groups in total. The maximum atomic E-state index is 5.12. The number of imidazole rings is 1. The highest BCUT2D eigenvalue weighted by atomic mass is 32.1. The summed E-state index contributed by atoms with van der Waals surface area (Å²) in [4.78, 5) is 35.9. The molecule has 1 aliphatic rings. The molecular formula is C70H62N20OS. The van der Waals surface area contributed by atoms with Gasteiger partial charge in [0.1, 0.15) is 28.6 Å². The lowest BCUT2D eigenvalue weighted by Crippen LogP contribution is -1.70. The molecule has 0 amide bonds. The zero-order valence-corrected chi connectivity index (χ0v) is 50.3. The van der Waals surface area contributed by atoms with Crippen LogP contribution in [0, 0.1) is 0 Å². The lowest BCUT2D eigenvalue weighted by atomic mass is 10.3. The average molecular weight is 1230 g/mol. The number of nitrogens with one attached hydrogen (secondary N) is 5. The highest BCUT2D eigenvalue weighted by Gasteiger charge is 1.94. The van der Waals surface area contributed by atoms with E-state index in [-0.39, 0.29) is 0 Å². The van der Waals surface area contributed by atoms with E-state index in [1.54, 1.807) is 104 Å². The van der Waals surface area contributed by atoms with Crippen LogP contribution < -0.4 is 0 Å². The minimum atomic E-state index is 0.667. The molecule has 0 saturated heterocycles. The minimum Gasteiger partial charge on any atom is -0.464 e. The summed E-state index contributed by atoms with van der Waals surface area (Å²) in [6, 6.07) is 71.5. The summed E-state index contributed by atoms with van der Waals surface area (Å²) in [6.07, 6.45) is 30.7. The van der Waals surface area contributed by atoms with Gasteiger partial charge in [-0.1, -0.05) is 103 Å². The molecule has 21 nitrogen and oxygen atoms in total. The third-order valence-corrected chi connectivity index (χ3v) is 12.7. The topological polar surface area (TPSA) is 284 Å². The summed E-state index contributed by atoms with van der Waals surface area (Å²) in [7, 11) is 0. The van der Waals surface area contributed by atoms with E-state index in [9.17, 15) is 0 Å². The first-order valence-electron chi connectivity index (χ1n) is 28.4. The van der Waals surface area contributed by atoms with Crippen LogP contribution in [0.5, 0.6) is 0 Å². The van der Waals surface area contributed by atoms with Gasteiger partial charge >= 0.3 is 0 Å². The zero-order valence-electron chi connectivity index (χ0n) is 49.5. The second kappa shape index (κ2) is 40.4. The fourth-order valence-corrected chi connectivity index (χ4v) is 8.28. The highest BCUT2D eigenvalue weighted by Crippen LogP contribution is 2.19. The number of pyridine rings is 2. The summed E-state index contributed by atoms with van der Waals surface area (Å²) in [5, 5.41) is 42.5. The van der Waals surface area contributed by atoms with E-state index in [2.05, 4.69) is 155 Å². The number of H-pyrrole nitrogens is 5. The molecule has 0 unspecified atom stereocenters. The third-order valence-electron chi connectivity index (χ3n) is 11.8. The van der Waals surface area contributed by atoms with E-state index >= 15 is 0 Å². The predicted molar refractivity (Wildman–Crippen MR) is 367 cm³/mol. The van der Waals surface area contributed by atoms with Gasteiger partial charge in [0.15, 0.2) is 0 Å². The number of nitrogens with zero attached hydrogens (tertiary/aromatic N) is 15. The zero-order chi connectivity index (χ0) is 63.2. The molecular weight excluding hydrogens is 1170 g/mol. The van der Waals surface area contributed by atoms with Crippen molar-refractivity contribution in [1.82, 2.24) is 85.6 Å². The molecule has 0 atom stereocenters. The number of aromatic amines is 5. The van der Waals surface area contributed by atoms with Crippen molar-refractivity contribution < 1.29 is 4.42 Å². The molecule has 19 rings (SSSR count). The first-order chi connectivity index (χ1) is 45.8. The Bertz CT molecular complexity index is 3700. The molecule has 0 radical (unpaired) electrons. The maximum Gasteiger partial charge on any atom is 0.137 e. The van der Waals surface area contributed by atoms with Crippen LogP contribution in [-0.2, 0) is 0 Å². The molecule has 13 heterocycles. The van der Waals surface area contributed by atoms with Gasteiger partial charge in [-0.2, -0.15) is 35.8 Å². The summed E-state index contributed by atoms with van der Waals surface area (Å²) < 4.78 is 6.49. The second-order valence-electron chi connectivity index (χ2n) is 18.0. The fourth-order valence-electron chi connectivity index (χ4n) is 7.49.